The summed E-state index contributed by atoms with van der Waals surface area (Å²) >= 11 is 11.9. The van der Waals surface area contributed by atoms with Crippen LogP contribution in [0.1, 0.15) is 31.9 Å². The van der Waals surface area contributed by atoms with Crippen LogP contribution < -0.4 is 9.62 Å². The van der Waals surface area contributed by atoms with Gasteiger partial charge in [-0.1, -0.05) is 67.4 Å². The predicted molar refractivity (Wildman–Crippen MR) is 157 cm³/mol. The molecule has 0 radical (unpaired) electrons. The molecule has 0 aromatic heterocycles. The molecular formula is C29H30Cl2F3N3O4S. The molecule has 13 heteroatoms. The first-order valence-electron chi connectivity index (χ1n) is 12.9. The second-order valence-corrected chi connectivity index (χ2v) is 12.7. The molecule has 0 saturated heterocycles. The quantitative estimate of drug-likeness (QED) is 0.262. The summed E-state index contributed by atoms with van der Waals surface area (Å²) in [7, 11) is -4.55. The van der Waals surface area contributed by atoms with Gasteiger partial charge in [0.2, 0.25) is 11.8 Å². The highest BCUT2D eigenvalue weighted by Crippen LogP contribution is 2.38. The number of benzene rings is 3. The van der Waals surface area contributed by atoms with Gasteiger partial charge in [0, 0.05) is 18.1 Å². The highest BCUT2D eigenvalue weighted by Gasteiger charge is 2.37. The minimum atomic E-state index is -4.89. The Labute approximate surface area is 253 Å². The van der Waals surface area contributed by atoms with Gasteiger partial charge in [0.05, 0.1) is 21.2 Å². The van der Waals surface area contributed by atoms with E-state index in [1.165, 1.54) is 31.2 Å². The standard InChI is InChI=1S/C29H30Cl2F3N3O4S/c1-19(2)16-35-28(39)20(3)36(17-21-8-7-9-22(30)14-21)27(38)18-37(42(40,41)24-10-5-4-6-11-24)23-12-13-26(31)25(15-23)29(32,33)34/h4-15,19-20H,16-18H2,1-3H3,(H,35,39)/t20-/m0/s1. The van der Waals surface area contributed by atoms with Crippen LogP contribution in [0.2, 0.25) is 10.0 Å². The lowest BCUT2D eigenvalue weighted by molar-refractivity contribution is -0.139. The second kappa shape index (κ2) is 13.8. The van der Waals surface area contributed by atoms with Crippen LogP contribution in [0.5, 0.6) is 0 Å². The molecule has 0 spiro atoms. The molecule has 0 aliphatic heterocycles. The third-order valence-electron chi connectivity index (χ3n) is 6.25. The van der Waals surface area contributed by atoms with Gasteiger partial charge in [0.15, 0.2) is 0 Å². The molecular weight excluding hydrogens is 614 g/mol. The van der Waals surface area contributed by atoms with Crippen molar-refractivity contribution in [3.05, 3.63) is 94.0 Å². The zero-order valence-electron chi connectivity index (χ0n) is 23.0. The molecule has 3 rings (SSSR count). The van der Waals surface area contributed by atoms with Crippen LogP contribution in [0, 0.1) is 5.92 Å². The number of alkyl halides is 3. The summed E-state index contributed by atoms with van der Waals surface area (Å²) in [5, 5.41) is 2.50. The lowest BCUT2D eigenvalue weighted by atomic mass is 10.1. The minimum Gasteiger partial charge on any atom is -0.354 e. The molecule has 7 nitrogen and oxygen atoms in total. The van der Waals surface area contributed by atoms with E-state index >= 15 is 0 Å². The Bertz CT molecular complexity index is 1520. The first kappa shape index (κ1) is 33.2. The number of halogens is 5. The Morgan fingerprint density at radius 3 is 2.19 bits per heavy atom. The first-order chi connectivity index (χ1) is 19.6. The van der Waals surface area contributed by atoms with Crippen LogP contribution in [0.3, 0.4) is 0 Å². The van der Waals surface area contributed by atoms with Crippen molar-refractivity contribution in [2.45, 2.75) is 44.4 Å². The fourth-order valence-corrected chi connectivity index (χ4v) is 5.87. The maximum absolute atomic E-state index is 13.9. The van der Waals surface area contributed by atoms with Gasteiger partial charge < -0.3 is 10.2 Å². The number of nitrogens with one attached hydrogen (secondary N) is 1. The number of carbonyl (C=O) groups is 2. The van der Waals surface area contributed by atoms with E-state index in [9.17, 15) is 31.2 Å². The molecule has 42 heavy (non-hydrogen) atoms. The molecule has 3 aromatic carbocycles. The number of rotatable bonds is 11. The maximum atomic E-state index is 13.9. The molecule has 0 fully saturated rings. The number of nitrogens with zero attached hydrogens (tertiary/aromatic N) is 2. The number of anilines is 1. The number of hydrogen-bond donors (Lipinski definition) is 1. The van der Waals surface area contributed by atoms with Crippen molar-refractivity contribution in [1.82, 2.24) is 10.2 Å². The smallest absolute Gasteiger partial charge is 0.354 e. The molecule has 2 amide bonds. The number of sulfonamides is 1. The maximum Gasteiger partial charge on any atom is 0.417 e. The van der Waals surface area contributed by atoms with Crippen molar-refractivity contribution in [2.24, 2.45) is 5.92 Å². The summed E-state index contributed by atoms with van der Waals surface area (Å²) in [5.41, 5.74) is -1.13. The van der Waals surface area contributed by atoms with Crippen LogP contribution in [0.15, 0.2) is 77.7 Å². The van der Waals surface area contributed by atoms with E-state index in [0.29, 0.717) is 27.5 Å². The Balaban J connectivity index is 2.09. The molecule has 1 N–H and O–H groups in total. The van der Waals surface area contributed by atoms with Crippen LogP contribution in [-0.2, 0) is 32.3 Å². The number of hydrogen-bond acceptors (Lipinski definition) is 4. The summed E-state index contributed by atoms with van der Waals surface area (Å²) < 4.78 is 69.3. The number of carbonyl (C=O) groups excluding carboxylic acids is 2. The first-order valence-corrected chi connectivity index (χ1v) is 15.1. The van der Waals surface area contributed by atoms with Gasteiger partial charge in [-0.25, -0.2) is 8.42 Å². The van der Waals surface area contributed by atoms with Crippen LogP contribution in [0.25, 0.3) is 0 Å². The average molecular weight is 645 g/mol. The van der Waals surface area contributed by atoms with E-state index in [2.05, 4.69) is 5.32 Å². The van der Waals surface area contributed by atoms with Gasteiger partial charge in [0.1, 0.15) is 12.6 Å². The summed E-state index contributed by atoms with van der Waals surface area (Å²) in [6, 6.07) is 15.1. The largest absolute Gasteiger partial charge is 0.417 e. The monoisotopic (exact) mass is 643 g/mol. The highest BCUT2D eigenvalue weighted by atomic mass is 35.5. The topological polar surface area (TPSA) is 86.8 Å². The molecule has 0 heterocycles. The van der Waals surface area contributed by atoms with Gasteiger partial charge in [-0.15, -0.1) is 0 Å². The predicted octanol–water partition coefficient (Wildman–Crippen LogP) is 6.40. The number of amides is 2. The lowest BCUT2D eigenvalue weighted by Gasteiger charge is -2.32. The van der Waals surface area contributed by atoms with Crippen molar-refractivity contribution >= 4 is 50.7 Å². The SMILES string of the molecule is CC(C)CNC(=O)[C@H](C)N(Cc1cccc(Cl)c1)C(=O)CN(c1ccc(Cl)c(C(F)(F)F)c1)S(=O)(=O)c1ccccc1. The van der Waals surface area contributed by atoms with E-state index in [4.69, 9.17) is 23.2 Å². The second-order valence-electron chi connectivity index (χ2n) is 9.95. The Hall–Kier alpha value is -3.28. The molecule has 0 saturated carbocycles. The van der Waals surface area contributed by atoms with Gasteiger partial charge >= 0.3 is 6.18 Å². The third kappa shape index (κ3) is 8.39. The molecule has 3 aromatic rings. The minimum absolute atomic E-state index is 0.122. The molecule has 0 bridgehead atoms. The van der Waals surface area contributed by atoms with Crippen molar-refractivity contribution in [2.75, 3.05) is 17.4 Å². The molecule has 226 valence electrons. The van der Waals surface area contributed by atoms with Gasteiger partial charge in [-0.2, -0.15) is 13.2 Å². The van der Waals surface area contributed by atoms with Gasteiger partial charge in [0.25, 0.3) is 10.0 Å². The molecule has 1 atom stereocenters. The van der Waals surface area contributed by atoms with E-state index in [-0.39, 0.29) is 17.4 Å². The molecule has 0 aliphatic rings. The Morgan fingerprint density at radius 1 is 0.929 bits per heavy atom. The summed E-state index contributed by atoms with van der Waals surface area (Å²) in [5.74, 6) is -1.19. The fourth-order valence-electron chi connectivity index (χ4n) is 4.00. The van der Waals surface area contributed by atoms with E-state index < -0.39 is 56.9 Å². The molecule has 0 unspecified atom stereocenters. The van der Waals surface area contributed by atoms with Crippen molar-refractivity contribution in [1.29, 1.82) is 0 Å². The van der Waals surface area contributed by atoms with Gasteiger partial charge in [-0.3, -0.25) is 13.9 Å². The summed E-state index contributed by atoms with van der Waals surface area (Å²) in [4.78, 5) is 27.8. The van der Waals surface area contributed by atoms with Crippen molar-refractivity contribution in [3.63, 3.8) is 0 Å². The zero-order valence-corrected chi connectivity index (χ0v) is 25.4. The normalized spacial score (nSPS) is 12.6. The Morgan fingerprint density at radius 2 is 1.60 bits per heavy atom. The third-order valence-corrected chi connectivity index (χ3v) is 8.60. The van der Waals surface area contributed by atoms with Crippen molar-refractivity contribution in [3.8, 4) is 0 Å². The average Bonchev–Trinajstić information content (AvgIpc) is 2.93. The van der Waals surface area contributed by atoms with E-state index in [1.54, 1.807) is 30.3 Å². The van der Waals surface area contributed by atoms with Crippen LogP contribution >= 0.6 is 23.2 Å². The summed E-state index contributed by atoms with van der Waals surface area (Å²) in [6.07, 6.45) is -4.89. The summed E-state index contributed by atoms with van der Waals surface area (Å²) in [6.45, 7) is 4.59. The van der Waals surface area contributed by atoms with E-state index in [1.807, 2.05) is 13.8 Å². The Kier molecular flexibility index (Phi) is 10.9. The highest BCUT2D eigenvalue weighted by molar-refractivity contribution is 7.92. The van der Waals surface area contributed by atoms with Gasteiger partial charge in [-0.05, 0) is 60.9 Å². The van der Waals surface area contributed by atoms with Crippen LogP contribution in [0.4, 0.5) is 18.9 Å². The lowest BCUT2D eigenvalue weighted by Crippen LogP contribution is -2.51. The van der Waals surface area contributed by atoms with Crippen molar-refractivity contribution < 1.29 is 31.2 Å². The fraction of sp³-hybridized carbons (Fsp3) is 0.310. The van der Waals surface area contributed by atoms with Crippen LogP contribution in [-0.4, -0.2) is 44.3 Å². The van der Waals surface area contributed by atoms with E-state index in [0.717, 1.165) is 17.0 Å². The molecule has 0 aliphatic carbocycles. The zero-order chi connectivity index (χ0) is 31.2.